The van der Waals surface area contributed by atoms with Gasteiger partial charge in [-0.2, -0.15) is 0 Å². The first-order valence-corrected chi connectivity index (χ1v) is 10.2. The van der Waals surface area contributed by atoms with E-state index in [1.165, 1.54) is 22.3 Å². The first kappa shape index (κ1) is 19.6. The SMILES string of the molecule is CCC(NC(=O)C1CCN(Cc2ccccc2)CC1)c1ccc(C)c(C)c1. The van der Waals surface area contributed by atoms with Gasteiger partial charge in [0, 0.05) is 12.5 Å². The number of nitrogens with zero attached hydrogens (tertiary/aromatic N) is 1. The van der Waals surface area contributed by atoms with Crippen molar-refractivity contribution in [2.24, 2.45) is 5.92 Å². The molecular weight excluding hydrogens is 332 g/mol. The number of piperidine rings is 1. The lowest BCUT2D eigenvalue weighted by Gasteiger charge is -2.32. The summed E-state index contributed by atoms with van der Waals surface area (Å²) in [6, 6.07) is 17.2. The number of rotatable bonds is 6. The van der Waals surface area contributed by atoms with E-state index in [-0.39, 0.29) is 17.9 Å². The molecule has 0 radical (unpaired) electrons. The van der Waals surface area contributed by atoms with E-state index in [0.717, 1.165) is 38.9 Å². The van der Waals surface area contributed by atoms with Crippen LogP contribution in [0.5, 0.6) is 0 Å². The number of amides is 1. The molecule has 3 nitrogen and oxygen atoms in total. The van der Waals surface area contributed by atoms with Gasteiger partial charge in [0.05, 0.1) is 6.04 Å². The van der Waals surface area contributed by atoms with Crippen LogP contribution in [-0.4, -0.2) is 23.9 Å². The lowest BCUT2D eigenvalue weighted by Crippen LogP contribution is -2.41. The fraction of sp³-hybridized carbons (Fsp3) is 0.458. The smallest absolute Gasteiger partial charge is 0.223 e. The van der Waals surface area contributed by atoms with Crippen LogP contribution in [0.4, 0.5) is 0 Å². The molecule has 0 aromatic heterocycles. The first-order valence-electron chi connectivity index (χ1n) is 10.2. The summed E-state index contributed by atoms with van der Waals surface area (Å²) in [5.74, 6) is 0.358. The zero-order valence-corrected chi connectivity index (χ0v) is 16.9. The van der Waals surface area contributed by atoms with E-state index in [4.69, 9.17) is 0 Å². The maximum Gasteiger partial charge on any atom is 0.223 e. The number of hydrogen-bond acceptors (Lipinski definition) is 2. The van der Waals surface area contributed by atoms with Crippen molar-refractivity contribution >= 4 is 5.91 Å². The van der Waals surface area contributed by atoms with Crippen molar-refractivity contribution in [1.82, 2.24) is 10.2 Å². The van der Waals surface area contributed by atoms with Crippen LogP contribution in [0.3, 0.4) is 0 Å². The molecule has 0 saturated carbocycles. The van der Waals surface area contributed by atoms with E-state index >= 15 is 0 Å². The molecule has 0 spiro atoms. The average molecular weight is 365 g/mol. The number of aryl methyl sites for hydroxylation is 2. The van der Waals surface area contributed by atoms with E-state index < -0.39 is 0 Å². The molecule has 1 fully saturated rings. The molecule has 144 valence electrons. The average Bonchev–Trinajstić information content (AvgIpc) is 2.69. The molecule has 27 heavy (non-hydrogen) atoms. The molecule has 0 aliphatic carbocycles. The molecule has 1 N–H and O–H groups in total. The Morgan fingerprint density at radius 3 is 2.41 bits per heavy atom. The van der Waals surface area contributed by atoms with Gasteiger partial charge in [-0.3, -0.25) is 9.69 Å². The molecule has 1 aliphatic rings. The summed E-state index contributed by atoms with van der Waals surface area (Å²) >= 11 is 0. The normalized spacial score (nSPS) is 16.9. The summed E-state index contributed by atoms with van der Waals surface area (Å²) in [6.45, 7) is 9.37. The first-order chi connectivity index (χ1) is 13.1. The summed E-state index contributed by atoms with van der Waals surface area (Å²) in [7, 11) is 0. The Bertz CT molecular complexity index is 748. The zero-order valence-electron chi connectivity index (χ0n) is 16.9. The number of nitrogens with one attached hydrogen (secondary N) is 1. The summed E-state index contributed by atoms with van der Waals surface area (Å²) in [4.78, 5) is 15.3. The van der Waals surface area contributed by atoms with E-state index in [9.17, 15) is 4.79 Å². The molecule has 3 heteroatoms. The molecule has 1 amide bonds. The van der Waals surface area contributed by atoms with Gasteiger partial charge in [0.25, 0.3) is 0 Å². The molecular formula is C24H32N2O. The summed E-state index contributed by atoms with van der Waals surface area (Å²) in [6.07, 6.45) is 2.81. The predicted octanol–water partition coefficient (Wildman–Crippen LogP) is 4.78. The Balaban J connectivity index is 1.53. The van der Waals surface area contributed by atoms with Crippen LogP contribution < -0.4 is 5.32 Å². The van der Waals surface area contributed by atoms with Crippen molar-refractivity contribution in [2.75, 3.05) is 13.1 Å². The Morgan fingerprint density at radius 1 is 1.07 bits per heavy atom. The molecule has 1 atom stereocenters. The van der Waals surface area contributed by atoms with Crippen LogP contribution in [0.1, 0.15) is 54.5 Å². The predicted molar refractivity (Wildman–Crippen MR) is 112 cm³/mol. The zero-order chi connectivity index (χ0) is 19.2. The standard InChI is InChI=1S/C24H32N2O/c1-4-23(22-11-10-18(2)19(3)16-22)25-24(27)21-12-14-26(15-13-21)17-20-8-6-5-7-9-20/h5-11,16,21,23H,4,12-15,17H2,1-3H3,(H,25,27). The quantitative estimate of drug-likeness (QED) is 0.800. The molecule has 3 rings (SSSR count). The molecule has 1 heterocycles. The number of likely N-dealkylation sites (tertiary alicyclic amines) is 1. The molecule has 1 saturated heterocycles. The minimum absolute atomic E-state index is 0.110. The Kier molecular flexibility index (Phi) is 6.68. The number of carbonyl (C=O) groups is 1. The number of carbonyl (C=O) groups excluding carboxylic acids is 1. The summed E-state index contributed by atoms with van der Waals surface area (Å²) in [5.41, 5.74) is 5.15. The third-order valence-electron chi connectivity index (χ3n) is 5.87. The second-order valence-electron chi connectivity index (χ2n) is 7.85. The van der Waals surface area contributed by atoms with Gasteiger partial charge in [-0.05, 0) is 68.5 Å². The van der Waals surface area contributed by atoms with Crippen molar-refractivity contribution in [3.63, 3.8) is 0 Å². The maximum absolute atomic E-state index is 12.8. The molecule has 2 aromatic carbocycles. The third-order valence-corrected chi connectivity index (χ3v) is 5.87. The molecule has 1 aliphatic heterocycles. The van der Waals surface area contributed by atoms with Gasteiger partial charge in [0.2, 0.25) is 5.91 Å². The van der Waals surface area contributed by atoms with Gasteiger partial charge in [0.1, 0.15) is 0 Å². The highest BCUT2D eigenvalue weighted by Gasteiger charge is 2.26. The largest absolute Gasteiger partial charge is 0.349 e. The van der Waals surface area contributed by atoms with E-state index in [2.05, 4.69) is 79.5 Å². The second-order valence-corrected chi connectivity index (χ2v) is 7.85. The van der Waals surface area contributed by atoms with E-state index in [0.29, 0.717) is 0 Å². The van der Waals surface area contributed by atoms with Crippen LogP contribution in [0.15, 0.2) is 48.5 Å². The van der Waals surface area contributed by atoms with Crippen molar-refractivity contribution in [3.8, 4) is 0 Å². The van der Waals surface area contributed by atoms with Crippen LogP contribution in [-0.2, 0) is 11.3 Å². The van der Waals surface area contributed by atoms with Crippen molar-refractivity contribution in [1.29, 1.82) is 0 Å². The van der Waals surface area contributed by atoms with Gasteiger partial charge in [-0.25, -0.2) is 0 Å². The third kappa shape index (κ3) is 5.20. The van der Waals surface area contributed by atoms with Crippen LogP contribution >= 0.6 is 0 Å². The van der Waals surface area contributed by atoms with Gasteiger partial charge >= 0.3 is 0 Å². The van der Waals surface area contributed by atoms with E-state index in [1.54, 1.807) is 0 Å². The molecule has 2 aromatic rings. The molecule has 0 bridgehead atoms. The summed E-state index contributed by atoms with van der Waals surface area (Å²) < 4.78 is 0. The van der Waals surface area contributed by atoms with Crippen molar-refractivity contribution in [3.05, 3.63) is 70.8 Å². The van der Waals surface area contributed by atoms with Crippen LogP contribution in [0, 0.1) is 19.8 Å². The van der Waals surface area contributed by atoms with Gasteiger partial charge in [-0.15, -0.1) is 0 Å². The Labute approximate surface area is 163 Å². The minimum Gasteiger partial charge on any atom is -0.349 e. The second kappa shape index (κ2) is 9.18. The monoisotopic (exact) mass is 364 g/mol. The summed E-state index contributed by atoms with van der Waals surface area (Å²) in [5, 5.41) is 3.31. The highest BCUT2D eigenvalue weighted by Crippen LogP contribution is 2.23. The lowest BCUT2D eigenvalue weighted by atomic mass is 9.94. The number of benzene rings is 2. The van der Waals surface area contributed by atoms with Crippen molar-refractivity contribution in [2.45, 2.75) is 52.6 Å². The maximum atomic E-state index is 12.8. The topological polar surface area (TPSA) is 32.3 Å². The number of hydrogen-bond donors (Lipinski definition) is 1. The Hall–Kier alpha value is -2.13. The highest BCUT2D eigenvalue weighted by molar-refractivity contribution is 5.79. The van der Waals surface area contributed by atoms with Gasteiger partial charge < -0.3 is 5.32 Å². The van der Waals surface area contributed by atoms with Crippen molar-refractivity contribution < 1.29 is 4.79 Å². The lowest BCUT2D eigenvalue weighted by molar-refractivity contribution is -0.127. The molecule has 1 unspecified atom stereocenters. The highest BCUT2D eigenvalue weighted by atomic mass is 16.1. The minimum atomic E-state index is 0.110. The van der Waals surface area contributed by atoms with Gasteiger partial charge in [-0.1, -0.05) is 55.5 Å². The fourth-order valence-electron chi connectivity index (χ4n) is 3.89. The fourth-order valence-corrected chi connectivity index (χ4v) is 3.89. The van der Waals surface area contributed by atoms with Gasteiger partial charge in [0.15, 0.2) is 0 Å². The van der Waals surface area contributed by atoms with Crippen LogP contribution in [0.25, 0.3) is 0 Å². The Morgan fingerprint density at radius 2 is 1.78 bits per heavy atom. The van der Waals surface area contributed by atoms with Crippen LogP contribution in [0.2, 0.25) is 0 Å². The van der Waals surface area contributed by atoms with E-state index in [1.807, 2.05) is 0 Å².